The number of aryl methyl sites for hydroxylation is 1. The van der Waals surface area contributed by atoms with E-state index in [1.54, 1.807) is 31.2 Å². The molecule has 4 N–H and O–H groups in total. The molecule has 9 heteroatoms. The summed E-state index contributed by atoms with van der Waals surface area (Å²) < 4.78 is 28.2. The smallest absolute Gasteiger partial charge is 0.338 e. The number of esters is 1. The minimum atomic E-state index is -3.94. The zero-order chi connectivity index (χ0) is 22.6. The highest BCUT2D eigenvalue weighted by Crippen LogP contribution is 2.30. The highest BCUT2D eigenvalue weighted by Gasteiger charge is 2.16. The highest BCUT2D eigenvalue weighted by atomic mass is 32.2. The number of ether oxygens (including phenoxy) is 1. The number of aromatic hydroxyl groups is 1. The number of nitrogens with one attached hydrogen (secondary N) is 1. The Balaban J connectivity index is 1.67. The summed E-state index contributed by atoms with van der Waals surface area (Å²) in [5.74, 6) is -1.40. The molecule has 0 aromatic heterocycles. The van der Waals surface area contributed by atoms with Crippen LogP contribution >= 0.6 is 0 Å². The average molecular weight is 440 g/mol. The van der Waals surface area contributed by atoms with Crippen LogP contribution in [0.3, 0.4) is 0 Å². The van der Waals surface area contributed by atoms with Gasteiger partial charge in [-0.2, -0.15) is 0 Å². The van der Waals surface area contributed by atoms with Gasteiger partial charge in [-0.3, -0.25) is 4.79 Å². The molecule has 0 saturated heterocycles. The van der Waals surface area contributed by atoms with E-state index in [-0.39, 0.29) is 21.9 Å². The third-order valence-electron chi connectivity index (χ3n) is 4.43. The zero-order valence-electron chi connectivity index (χ0n) is 16.5. The fourth-order valence-corrected chi connectivity index (χ4v) is 3.72. The number of carbonyl (C=O) groups excluding carboxylic acids is 2. The number of amides is 1. The second kappa shape index (κ2) is 8.99. The molecule has 3 aromatic carbocycles. The number of hydrogen-bond acceptors (Lipinski definition) is 6. The van der Waals surface area contributed by atoms with Crippen molar-refractivity contribution in [3.63, 3.8) is 0 Å². The number of anilines is 1. The number of benzene rings is 3. The lowest BCUT2D eigenvalue weighted by Crippen LogP contribution is -2.21. The van der Waals surface area contributed by atoms with E-state index in [4.69, 9.17) is 9.88 Å². The van der Waals surface area contributed by atoms with Gasteiger partial charge in [0.05, 0.1) is 10.5 Å². The van der Waals surface area contributed by atoms with Crippen molar-refractivity contribution < 1.29 is 27.9 Å². The van der Waals surface area contributed by atoms with Crippen LogP contribution in [0, 0.1) is 6.92 Å². The molecule has 3 aromatic rings. The fourth-order valence-electron chi connectivity index (χ4n) is 2.91. The molecule has 160 valence electrons. The molecule has 0 aliphatic rings. The van der Waals surface area contributed by atoms with Crippen molar-refractivity contribution in [1.82, 2.24) is 0 Å². The van der Waals surface area contributed by atoms with Crippen molar-refractivity contribution >= 4 is 27.6 Å². The summed E-state index contributed by atoms with van der Waals surface area (Å²) in [7, 11) is -3.94. The van der Waals surface area contributed by atoms with E-state index in [2.05, 4.69) is 5.32 Å². The van der Waals surface area contributed by atoms with E-state index in [0.29, 0.717) is 11.1 Å². The third-order valence-corrected chi connectivity index (χ3v) is 5.48. The van der Waals surface area contributed by atoms with Gasteiger partial charge >= 0.3 is 5.97 Å². The van der Waals surface area contributed by atoms with E-state index in [1.165, 1.54) is 36.4 Å². The van der Waals surface area contributed by atoms with Gasteiger partial charge in [0.15, 0.2) is 6.61 Å². The first-order valence-corrected chi connectivity index (χ1v) is 10.7. The van der Waals surface area contributed by atoms with Gasteiger partial charge in [-0.15, -0.1) is 0 Å². The molecule has 0 unspecified atom stereocenters. The first kappa shape index (κ1) is 22.0. The molecule has 0 fully saturated rings. The summed E-state index contributed by atoms with van der Waals surface area (Å²) in [5.41, 5.74) is 1.98. The lowest BCUT2D eigenvalue weighted by atomic mass is 10.0. The van der Waals surface area contributed by atoms with Gasteiger partial charge in [0, 0.05) is 11.3 Å². The van der Waals surface area contributed by atoms with Crippen LogP contribution < -0.4 is 10.5 Å². The van der Waals surface area contributed by atoms with E-state index in [1.807, 2.05) is 6.07 Å². The van der Waals surface area contributed by atoms with Gasteiger partial charge in [-0.25, -0.2) is 18.4 Å². The van der Waals surface area contributed by atoms with Crippen LogP contribution in [0.1, 0.15) is 15.9 Å². The van der Waals surface area contributed by atoms with Crippen LogP contribution in [-0.4, -0.2) is 32.0 Å². The number of nitrogens with two attached hydrogens (primary N) is 1. The van der Waals surface area contributed by atoms with E-state index >= 15 is 0 Å². The second-order valence-corrected chi connectivity index (χ2v) is 8.28. The highest BCUT2D eigenvalue weighted by molar-refractivity contribution is 7.89. The molecule has 0 heterocycles. The van der Waals surface area contributed by atoms with Crippen LogP contribution in [0.5, 0.6) is 5.75 Å². The Morgan fingerprint density at radius 1 is 1.03 bits per heavy atom. The molecular formula is C22H20N2O6S. The van der Waals surface area contributed by atoms with Crippen LogP contribution in [0.25, 0.3) is 11.1 Å². The van der Waals surface area contributed by atoms with Gasteiger partial charge in [0.25, 0.3) is 5.91 Å². The van der Waals surface area contributed by atoms with Crippen LogP contribution in [-0.2, 0) is 19.6 Å². The predicted octanol–water partition coefficient (Wildman–Crippen LogP) is 2.81. The molecule has 0 aliphatic carbocycles. The molecule has 0 bridgehead atoms. The van der Waals surface area contributed by atoms with Gasteiger partial charge in [0.1, 0.15) is 5.75 Å². The van der Waals surface area contributed by atoms with Crippen molar-refractivity contribution in [3.05, 3.63) is 77.9 Å². The predicted molar refractivity (Wildman–Crippen MR) is 115 cm³/mol. The molecule has 0 saturated carbocycles. The first-order valence-electron chi connectivity index (χ1n) is 9.14. The second-order valence-electron chi connectivity index (χ2n) is 6.75. The van der Waals surface area contributed by atoms with E-state index in [9.17, 15) is 23.1 Å². The summed E-state index contributed by atoms with van der Waals surface area (Å²) in [5, 5.41) is 17.7. The van der Waals surface area contributed by atoms with Crippen LogP contribution in [0.2, 0.25) is 0 Å². The van der Waals surface area contributed by atoms with Crippen molar-refractivity contribution in [3.8, 4) is 16.9 Å². The number of carbonyl (C=O) groups is 2. The third kappa shape index (κ3) is 5.47. The molecule has 0 radical (unpaired) electrons. The Morgan fingerprint density at radius 2 is 1.74 bits per heavy atom. The minimum Gasteiger partial charge on any atom is -0.507 e. The number of hydrogen-bond donors (Lipinski definition) is 3. The van der Waals surface area contributed by atoms with Crippen LogP contribution in [0.15, 0.2) is 71.6 Å². The number of rotatable bonds is 6. The zero-order valence-corrected chi connectivity index (χ0v) is 17.3. The lowest BCUT2D eigenvalue weighted by Gasteiger charge is -2.10. The number of phenols is 1. The Hall–Kier alpha value is -3.69. The Bertz CT molecular complexity index is 1240. The average Bonchev–Trinajstić information content (AvgIpc) is 2.73. The van der Waals surface area contributed by atoms with Crippen molar-refractivity contribution in [2.24, 2.45) is 5.14 Å². The quantitative estimate of drug-likeness (QED) is 0.504. The van der Waals surface area contributed by atoms with E-state index < -0.39 is 28.5 Å². The normalized spacial score (nSPS) is 11.0. The maximum Gasteiger partial charge on any atom is 0.338 e. The number of phenolic OH excluding ortho intramolecular Hbond substituents is 1. The van der Waals surface area contributed by atoms with Crippen molar-refractivity contribution in [2.75, 3.05) is 11.9 Å². The van der Waals surface area contributed by atoms with Gasteiger partial charge < -0.3 is 15.2 Å². The van der Waals surface area contributed by atoms with Gasteiger partial charge in [-0.1, -0.05) is 36.4 Å². The summed E-state index contributed by atoms with van der Waals surface area (Å²) in [6.45, 7) is 0.993. The fraction of sp³-hybridized carbons (Fsp3) is 0.0909. The number of primary sulfonamides is 1. The topological polar surface area (TPSA) is 136 Å². The molecule has 0 atom stereocenters. The van der Waals surface area contributed by atoms with Gasteiger partial charge in [0.2, 0.25) is 10.0 Å². The summed E-state index contributed by atoms with van der Waals surface area (Å²) in [6, 6.07) is 17.5. The largest absolute Gasteiger partial charge is 0.507 e. The Morgan fingerprint density at radius 3 is 2.42 bits per heavy atom. The monoisotopic (exact) mass is 440 g/mol. The molecule has 0 aliphatic heterocycles. The maximum absolute atomic E-state index is 12.3. The summed E-state index contributed by atoms with van der Waals surface area (Å²) in [4.78, 5) is 24.4. The van der Waals surface area contributed by atoms with Crippen molar-refractivity contribution in [2.45, 2.75) is 11.8 Å². The van der Waals surface area contributed by atoms with Crippen LogP contribution in [0.4, 0.5) is 5.69 Å². The molecule has 0 spiro atoms. The molecule has 31 heavy (non-hydrogen) atoms. The summed E-state index contributed by atoms with van der Waals surface area (Å²) >= 11 is 0. The molecular weight excluding hydrogens is 420 g/mol. The SMILES string of the molecule is Cc1ccc(NC(=O)COC(=O)c2ccc(O)c(-c3ccccc3)c2)cc1S(N)(=O)=O. The first-order chi connectivity index (χ1) is 14.6. The summed E-state index contributed by atoms with van der Waals surface area (Å²) in [6.07, 6.45) is 0. The lowest BCUT2D eigenvalue weighted by molar-refractivity contribution is -0.119. The molecule has 8 nitrogen and oxygen atoms in total. The van der Waals surface area contributed by atoms with Gasteiger partial charge in [-0.05, 0) is 48.4 Å². The maximum atomic E-state index is 12.3. The molecule has 1 amide bonds. The van der Waals surface area contributed by atoms with Crippen molar-refractivity contribution in [1.29, 1.82) is 0 Å². The molecule has 3 rings (SSSR count). The Labute approximate surface area is 179 Å². The Kier molecular flexibility index (Phi) is 6.38. The minimum absolute atomic E-state index is 0.00512. The number of sulfonamides is 1. The van der Waals surface area contributed by atoms with E-state index in [0.717, 1.165) is 5.56 Å². The standard InChI is InChI=1S/C22H20N2O6S/c1-14-7-9-17(12-20(14)31(23,28)29)24-21(26)13-30-22(27)16-8-10-19(25)18(11-16)15-5-3-2-4-6-15/h2-12,25H,13H2,1H3,(H,24,26)(H2,23,28,29).